The third-order valence-corrected chi connectivity index (χ3v) is 4.09. The number of carbonyl (C=O) groups is 1. The fourth-order valence-corrected chi connectivity index (χ4v) is 2.93. The second-order valence-electron chi connectivity index (χ2n) is 5.59. The average Bonchev–Trinajstić information content (AvgIpc) is 2.47. The molecule has 2 N–H and O–H groups in total. The van der Waals surface area contributed by atoms with E-state index in [1.54, 1.807) is 12.1 Å². The van der Waals surface area contributed by atoms with Crippen molar-refractivity contribution in [2.24, 2.45) is 0 Å². The van der Waals surface area contributed by atoms with Crippen LogP contribution in [-0.4, -0.2) is 41.6 Å². The normalized spacial score (nSPS) is 21.0. The molecule has 1 aliphatic heterocycles. The summed E-state index contributed by atoms with van der Waals surface area (Å²) < 4.78 is 0. The van der Waals surface area contributed by atoms with E-state index in [0.717, 1.165) is 31.5 Å². The summed E-state index contributed by atoms with van der Waals surface area (Å²) in [5, 5.41) is 14.0. The number of piperidine rings is 1. The molecule has 21 heavy (non-hydrogen) atoms. The topological polar surface area (TPSA) is 52.6 Å². The summed E-state index contributed by atoms with van der Waals surface area (Å²) in [5.74, 6) is 0.0947. The minimum atomic E-state index is -0.552. The van der Waals surface area contributed by atoms with Gasteiger partial charge in [-0.05, 0) is 37.1 Å². The van der Waals surface area contributed by atoms with Crippen molar-refractivity contribution in [3.63, 3.8) is 0 Å². The van der Waals surface area contributed by atoms with Crippen LogP contribution in [0.1, 0.15) is 37.9 Å². The molecule has 5 heteroatoms. The van der Waals surface area contributed by atoms with Gasteiger partial charge in [0, 0.05) is 30.6 Å². The summed E-state index contributed by atoms with van der Waals surface area (Å²) in [6, 6.07) is 7.53. The van der Waals surface area contributed by atoms with Crippen LogP contribution < -0.4 is 5.32 Å². The number of nitrogens with zero attached hydrogens (tertiary/aromatic N) is 1. The largest absolute Gasteiger partial charge is 0.387 e. The van der Waals surface area contributed by atoms with Gasteiger partial charge in [-0.2, -0.15) is 0 Å². The molecule has 4 nitrogen and oxygen atoms in total. The molecule has 2 unspecified atom stereocenters. The van der Waals surface area contributed by atoms with Crippen LogP contribution in [0.3, 0.4) is 0 Å². The number of benzene rings is 1. The van der Waals surface area contributed by atoms with E-state index in [9.17, 15) is 9.90 Å². The van der Waals surface area contributed by atoms with Gasteiger partial charge in [0.2, 0.25) is 5.91 Å². The Morgan fingerprint density at radius 1 is 1.57 bits per heavy atom. The van der Waals surface area contributed by atoms with E-state index in [1.165, 1.54) is 0 Å². The van der Waals surface area contributed by atoms with Gasteiger partial charge in [0.05, 0.1) is 6.10 Å². The molecule has 1 aromatic rings. The van der Waals surface area contributed by atoms with Gasteiger partial charge < -0.3 is 10.4 Å². The van der Waals surface area contributed by atoms with Crippen molar-refractivity contribution in [3.05, 3.63) is 34.9 Å². The second-order valence-corrected chi connectivity index (χ2v) is 6.03. The summed E-state index contributed by atoms with van der Waals surface area (Å²) >= 11 is 5.96. The molecule has 1 aromatic carbocycles. The Morgan fingerprint density at radius 2 is 2.38 bits per heavy atom. The second kappa shape index (κ2) is 7.78. The molecule has 2 rings (SSSR count). The number of rotatable bonds is 5. The standard InChI is InChI=1S/C16H23ClN2O2/c1-2-16(21)18-14-7-4-8-19(10-14)11-15(20)12-5-3-6-13(17)9-12/h3,5-6,9,14-15,20H,2,4,7-8,10-11H2,1H3,(H,18,21). The highest BCUT2D eigenvalue weighted by molar-refractivity contribution is 6.30. The number of likely N-dealkylation sites (tertiary alicyclic amines) is 1. The van der Waals surface area contributed by atoms with Crippen LogP contribution in [0.25, 0.3) is 0 Å². The van der Waals surface area contributed by atoms with E-state index in [1.807, 2.05) is 19.1 Å². The van der Waals surface area contributed by atoms with Gasteiger partial charge in [0.25, 0.3) is 0 Å². The lowest BCUT2D eigenvalue weighted by Crippen LogP contribution is -2.48. The SMILES string of the molecule is CCC(=O)NC1CCCN(CC(O)c2cccc(Cl)c2)C1. The molecule has 1 heterocycles. The number of β-amino-alcohol motifs (C(OH)–C–C–N with tert-alkyl or cyclic N) is 1. The van der Waals surface area contributed by atoms with Crippen LogP contribution in [0.5, 0.6) is 0 Å². The Kier molecular flexibility index (Phi) is 6.03. The van der Waals surface area contributed by atoms with Crippen LogP contribution in [0, 0.1) is 0 Å². The number of aliphatic hydroxyl groups excluding tert-OH is 1. The van der Waals surface area contributed by atoms with Crippen molar-refractivity contribution in [3.8, 4) is 0 Å². The highest BCUT2D eigenvalue weighted by atomic mass is 35.5. The van der Waals surface area contributed by atoms with Gasteiger partial charge in [-0.3, -0.25) is 9.69 Å². The van der Waals surface area contributed by atoms with E-state index in [2.05, 4.69) is 10.2 Å². The Balaban J connectivity index is 1.88. The predicted molar refractivity (Wildman–Crippen MR) is 84.3 cm³/mol. The Hall–Kier alpha value is -1.10. The van der Waals surface area contributed by atoms with Crippen LogP contribution in [0.15, 0.2) is 24.3 Å². The fourth-order valence-electron chi connectivity index (χ4n) is 2.73. The van der Waals surface area contributed by atoms with Crippen molar-refractivity contribution in [1.29, 1.82) is 0 Å². The predicted octanol–water partition coefficient (Wildman–Crippen LogP) is 2.36. The minimum Gasteiger partial charge on any atom is -0.387 e. The van der Waals surface area contributed by atoms with Crippen molar-refractivity contribution in [2.75, 3.05) is 19.6 Å². The third-order valence-electron chi connectivity index (χ3n) is 3.86. The molecule has 0 aromatic heterocycles. The van der Waals surface area contributed by atoms with Gasteiger partial charge in [0.15, 0.2) is 0 Å². The zero-order valence-corrected chi connectivity index (χ0v) is 13.1. The van der Waals surface area contributed by atoms with Crippen molar-refractivity contribution < 1.29 is 9.90 Å². The Bertz CT molecular complexity index is 481. The van der Waals surface area contributed by atoms with Crippen LogP contribution in [0.2, 0.25) is 5.02 Å². The Labute approximate surface area is 131 Å². The highest BCUT2D eigenvalue weighted by Gasteiger charge is 2.23. The maximum Gasteiger partial charge on any atom is 0.219 e. The molecule has 0 aliphatic carbocycles. The van der Waals surface area contributed by atoms with E-state index in [0.29, 0.717) is 18.0 Å². The zero-order chi connectivity index (χ0) is 15.2. The lowest BCUT2D eigenvalue weighted by molar-refractivity contribution is -0.121. The molecule has 1 fully saturated rings. The molecular weight excluding hydrogens is 288 g/mol. The average molecular weight is 311 g/mol. The molecule has 0 saturated carbocycles. The lowest BCUT2D eigenvalue weighted by atomic mass is 10.0. The number of halogens is 1. The number of hydrogen-bond donors (Lipinski definition) is 2. The molecule has 2 atom stereocenters. The number of hydrogen-bond acceptors (Lipinski definition) is 3. The first kappa shape index (κ1) is 16.3. The smallest absolute Gasteiger partial charge is 0.219 e. The van der Waals surface area contributed by atoms with Crippen molar-refractivity contribution >= 4 is 17.5 Å². The van der Waals surface area contributed by atoms with Gasteiger partial charge >= 0.3 is 0 Å². The fraction of sp³-hybridized carbons (Fsp3) is 0.562. The maximum absolute atomic E-state index is 11.5. The molecule has 116 valence electrons. The minimum absolute atomic E-state index is 0.0947. The van der Waals surface area contributed by atoms with Gasteiger partial charge in [-0.1, -0.05) is 30.7 Å². The highest BCUT2D eigenvalue weighted by Crippen LogP contribution is 2.20. The van der Waals surface area contributed by atoms with Crippen molar-refractivity contribution in [1.82, 2.24) is 10.2 Å². The van der Waals surface area contributed by atoms with Crippen molar-refractivity contribution in [2.45, 2.75) is 38.3 Å². The summed E-state index contributed by atoms with van der Waals surface area (Å²) in [6.07, 6.45) is 2.01. The van der Waals surface area contributed by atoms with Gasteiger partial charge in [0.1, 0.15) is 0 Å². The van der Waals surface area contributed by atoms with Crippen LogP contribution in [0.4, 0.5) is 0 Å². The first-order valence-corrected chi connectivity index (χ1v) is 7.91. The summed E-state index contributed by atoms with van der Waals surface area (Å²) in [5.41, 5.74) is 0.835. The molecular formula is C16H23ClN2O2. The van der Waals surface area contributed by atoms with E-state index < -0.39 is 6.10 Å². The maximum atomic E-state index is 11.5. The lowest BCUT2D eigenvalue weighted by Gasteiger charge is -2.34. The van der Waals surface area contributed by atoms with E-state index in [4.69, 9.17) is 11.6 Å². The van der Waals surface area contributed by atoms with Gasteiger partial charge in [-0.25, -0.2) is 0 Å². The monoisotopic (exact) mass is 310 g/mol. The third kappa shape index (κ3) is 4.99. The molecule has 0 radical (unpaired) electrons. The zero-order valence-electron chi connectivity index (χ0n) is 12.4. The van der Waals surface area contributed by atoms with E-state index in [-0.39, 0.29) is 11.9 Å². The first-order chi connectivity index (χ1) is 10.1. The summed E-state index contributed by atoms with van der Waals surface area (Å²) in [6.45, 7) is 4.18. The summed E-state index contributed by atoms with van der Waals surface area (Å²) in [7, 11) is 0. The quantitative estimate of drug-likeness (QED) is 0.878. The van der Waals surface area contributed by atoms with Crippen LogP contribution in [-0.2, 0) is 4.79 Å². The molecule has 1 saturated heterocycles. The van der Waals surface area contributed by atoms with Gasteiger partial charge in [-0.15, -0.1) is 0 Å². The number of amides is 1. The molecule has 1 amide bonds. The molecule has 0 bridgehead atoms. The van der Waals surface area contributed by atoms with Crippen LogP contribution >= 0.6 is 11.6 Å². The Morgan fingerprint density at radius 3 is 3.10 bits per heavy atom. The summed E-state index contributed by atoms with van der Waals surface area (Å²) in [4.78, 5) is 13.7. The molecule has 0 spiro atoms. The number of nitrogens with one attached hydrogen (secondary N) is 1. The number of carbonyl (C=O) groups excluding carboxylic acids is 1. The number of aliphatic hydroxyl groups is 1. The van der Waals surface area contributed by atoms with E-state index >= 15 is 0 Å². The first-order valence-electron chi connectivity index (χ1n) is 7.53. The molecule has 1 aliphatic rings.